The van der Waals surface area contributed by atoms with Gasteiger partial charge in [-0.15, -0.1) is 11.3 Å². The Kier molecular flexibility index (Phi) is 6.72. The topological polar surface area (TPSA) is 47.9 Å². The number of rotatable bonds is 4. The first-order chi connectivity index (χ1) is 14.7. The first kappa shape index (κ1) is 20.9. The molecule has 4 rings (SSSR count). The number of carbonyl (C=O) groups excluding carboxylic acids is 1. The molecule has 5 nitrogen and oxygen atoms in total. The van der Waals surface area contributed by atoms with Gasteiger partial charge in [0.15, 0.2) is 5.96 Å². The molecule has 1 N–H and O–H groups in total. The van der Waals surface area contributed by atoms with Crippen LogP contribution in [0.5, 0.6) is 0 Å². The summed E-state index contributed by atoms with van der Waals surface area (Å²) in [4.78, 5) is 22.9. The van der Waals surface area contributed by atoms with Crippen molar-refractivity contribution >= 4 is 23.2 Å². The summed E-state index contributed by atoms with van der Waals surface area (Å²) in [6.45, 7) is 6.54. The number of guanidine groups is 1. The van der Waals surface area contributed by atoms with Crippen LogP contribution < -0.4 is 5.32 Å². The molecule has 1 amide bonds. The largest absolute Gasteiger partial charge is 0.356 e. The lowest BCUT2D eigenvalue weighted by Crippen LogP contribution is -2.48. The Morgan fingerprint density at radius 2 is 2.03 bits per heavy atom. The molecule has 2 aliphatic rings. The van der Waals surface area contributed by atoms with E-state index in [-0.39, 0.29) is 5.91 Å². The molecule has 2 unspecified atom stereocenters. The first-order valence-electron chi connectivity index (χ1n) is 11.0. The van der Waals surface area contributed by atoms with Crippen molar-refractivity contribution in [2.45, 2.75) is 38.6 Å². The monoisotopic (exact) mass is 424 g/mol. The van der Waals surface area contributed by atoms with E-state index in [1.54, 1.807) is 11.3 Å². The highest BCUT2D eigenvalue weighted by molar-refractivity contribution is 7.10. The number of likely N-dealkylation sites (tertiary alicyclic amines) is 1. The zero-order valence-corrected chi connectivity index (χ0v) is 18.8. The molecule has 1 fully saturated rings. The Hall–Kier alpha value is -2.34. The second-order valence-electron chi connectivity index (χ2n) is 8.39. The van der Waals surface area contributed by atoms with E-state index in [1.165, 1.54) is 16.0 Å². The number of piperidine rings is 1. The number of nitrogens with zero attached hydrogens (tertiary/aromatic N) is 3. The van der Waals surface area contributed by atoms with E-state index in [2.05, 4.69) is 63.9 Å². The number of fused-ring (bicyclic) bond motifs is 1. The van der Waals surface area contributed by atoms with Crippen LogP contribution in [-0.4, -0.2) is 54.9 Å². The molecule has 0 saturated carbocycles. The van der Waals surface area contributed by atoms with Gasteiger partial charge in [0, 0.05) is 51.1 Å². The minimum Gasteiger partial charge on any atom is -0.356 e. The van der Waals surface area contributed by atoms with Gasteiger partial charge in [0.05, 0.1) is 0 Å². The van der Waals surface area contributed by atoms with Crippen LogP contribution in [0.25, 0.3) is 0 Å². The van der Waals surface area contributed by atoms with E-state index in [4.69, 9.17) is 0 Å². The van der Waals surface area contributed by atoms with Crippen molar-refractivity contribution < 1.29 is 4.79 Å². The Morgan fingerprint density at radius 1 is 1.20 bits per heavy atom. The predicted octanol–water partition coefficient (Wildman–Crippen LogP) is 3.72. The molecule has 0 radical (unpaired) electrons. The van der Waals surface area contributed by atoms with Crippen LogP contribution in [0.2, 0.25) is 0 Å². The van der Waals surface area contributed by atoms with Crippen LogP contribution in [-0.2, 0) is 17.8 Å². The van der Waals surface area contributed by atoms with Gasteiger partial charge in [0.1, 0.15) is 0 Å². The molecule has 30 heavy (non-hydrogen) atoms. The summed E-state index contributed by atoms with van der Waals surface area (Å²) in [5.74, 6) is 2.31. The van der Waals surface area contributed by atoms with Gasteiger partial charge in [-0.2, -0.15) is 0 Å². The van der Waals surface area contributed by atoms with Gasteiger partial charge in [-0.3, -0.25) is 9.79 Å². The summed E-state index contributed by atoms with van der Waals surface area (Å²) in [5, 5.41) is 5.56. The zero-order chi connectivity index (χ0) is 20.9. The lowest BCUT2D eigenvalue weighted by atomic mass is 9.82. The van der Waals surface area contributed by atoms with Crippen LogP contribution in [0.1, 0.15) is 41.7 Å². The third kappa shape index (κ3) is 4.69. The average molecular weight is 425 g/mol. The Bertz CT molecular complexity index is 878. The molecule has 2 aromatic rings. The van der Waals surface area contributed by atoms with Crippen molar-refractivity contribution in [3.05, 3.63) is 57.8 Å². The molecule has 2 atom stereocenters. The van der Waals surface area contributed by atoms with Gasteiger partial charge in [0.25, 0.3) is 0 Å². The Balaban J connectivity index is 1.25. The molecular formula is C24H32N4OS. The predicted molar refractivity (Wildman–Crippen MR) is 124 cm³/mol. The second kappa shape index (κ2) is 9.65. The molecule has 3 heterocycles. The number of nitrogens with one attached hydrogen (secondary N) is 1. The summed E-state index contributed by atoms with van der Waals surface area (Å²) in [7, 11) is 1.83. The summed E-state index contributed by atoms with van der Waals surface area (Å²) >= 11 is 1.81. The molecule has 0 spiro atoms. The lowest BCUT2D eigenvalue weighted by molar-refractivity contribution is -0.131. The average Bonchev–Trinajstić information content (AvgIpc) is 3.25. The van der Waals surface area contributed by atoms with Crippen molar-refractivity contribution in [2.75, 3.05) is 33.2 Å². The third-order valence-corrected chi connectivity index (χ3v) is 7.45. The molecule has 160 valence electrons. The molecule has 0 aliphatic carbocycles. The molecule has 0 bridgehead atoms. The maximum atomic E-state index is 12.7. The first-order valence-corrected chi connectivity index (χ1v) is 11.9. The van der Waals surface area contributed by atoms with Crippen LogP contribution in [0, 0.1) is 5.92 Å². The summed E-state index contributed by atoms with van der Waals surface area (Å²) < 4.78 is 0. The highest BCUT2D eigenvalue weighted by Gasteiger charge is 2.29. The molecule has 6 heteroatoms. The van der Waals surface area contributed by atoms with Crippen molar-refractivity contribution in [3.63, 3.8) is 0 Å². The fourth-order valence-corrected chi connectivity index (χ4v) is 5.66. The van der Waals surface area contributed by atoms with Crippen LogP contribution >= 0.6 is 11.3 Å². The summed E-state index contributed by atoms with van der Waals surface area (Å²) in [6.07, 6.45) is 2.62. The van der Waals surface area contributed by atoms with Crippen molar-refractivity contribution in [1.29, 1.82) is 0 Å². The van der Waals surface area contributed by atoms with E-state index in [0.29, 0.717) is 24.8 Å². The maximum Gasteiger partial charge on any atom is 0.224 e. The molecule has 1 aromatic carbocycles. The standard InChI is InChI=1S/C24H32N4OS/c1-18-16-28(13-9-21(18)19-6-4-3-5-7-19)24(25-2)26-12-8-23(29)27-14-10-22-20(17-27)11-15-30-22/h3-7,11,15,18,21H,8-10,12-14,16-17H2,1-2H3,(H,25,26). The van der Waals surface area contributed by atoms with Gasteiger partial charge >= 0.3 is 0 Å². The van der Waals surface area contributed by atoms with Crippen LogP contribution in [0.3, 0.4) is 0 Å². The maximum absolute atomic E-state index is 12.7. The zero-order valence-electron chi connectivity index (χ0n) is 18.0. The van der Waals surface area contributed by atoms with E-state index in [0.717, 1.165) is 45.0 Å². The van der Waals surface area contributed by atoms with Gasteiger partial charge in [-0.25, -0.2) is 0 Å². The number of carbonyl (C=O) groups is 1. The van der Waals surface area contributed by atoms with Crippen LogP contribution in [0.4, 0.5) is 0 Å². The Labute approximate surface area is 183 Å². The van der Waals surface area contributed by atoms with Crippen molar-refractivity contribution in [2.24, 2.45) is 10.9 Å². The van der Waals surface area contributed by atoms with Gasteiger partial charge < -0.3 is 15.1 Å². The molecule has 2 aliphatic heterocycles. The number of benzene rings is 1. The van der Waals surface area contributed by atoms with Crippen LogP contribution in [0.15, 0.2) is 46.8 Å². The van der Waals surface area contributed by atoms with E-state index in [9.17, 15) is 4.79 Å². The number of hydrogen-bond acceptors (Lipinski definition) is 3. The highest BCUT2D eigenvalue weighted by Crippen LogP contribution is 2.32. The molecule has 1 aromatic heterocycles. The van der Waals surface area contributed by atoms with Gasteiger partial charge in [-0.1, -0.05) is 37.3 Å². The van der Waals surface area contributed by atoms with Gasteiger partial charge in [-0.05, 0) is 47.3 Å². The number of hydrogen-bond donors (Lipinski definition) is 1. The summed E-state index contributed by atoms with van der Waals surface area (Å²) in [5.41, 5.74) is 2.76. The Morgan fingerprint density at radius 3 is 2.80 bits per heavy atom. The summed E-state index contributed by atoms with van der Waals surface area (Å²) in [6, 6.07) is 13.0. The number of aliphatic imine (C=N–C) groups is 1. The number of thiophene rings is 1. The SMILES string of the molecule is CN=C(NCCC(=O)N1CCc2sccc2C1)N1CCC(c2ccccc2)C(C)C1. The van der Waals surface area contributed by atoms with Gasteiger partial charge in [0.2, 0.25) is 5.91 Å². The molecular weight excluding hydrogens is 392 g/mol. The fraction of sp³-hybridized carbons (Fsp3) is 0.500. The minimum absolute atomic E-state index is 0.228. The number of amides is 1. The highest BCUT2D eigenvalue weighted by atomic mass is 32.1. The van der Waals surface area contributed by atoms with Crippen molar-refractivity contribution in [1.82, 2.24) is 15.1 Å². The third-order valence-electron chi connectivity index (χ3n) is 6.43. The minimum atomic E-state index is 0.228. The smallest absolute Gasteiger partial charge is 0.224 e. The molecule has 1 saturated heterocycles. The van der Waals surface area contributed by atoms with E-state index < -0.39 is 0 Å². The fourth-order valence-electron chi connectivity index (χ4n) is 4.77. The van der Waals surface area contributed by atoms with E-state index >= 15 is 0 Å². The van der Waals surface area contributed by atoms with E-state index in [1.807, 2.05) is 11.9 Å². The second-order valence-corrected chi connectivity index (χ2v) is 9.39. The van der Waals surface area contributed by atoms with Crippen molar-refractivity contribution in [3.8, 4) is 0 Å². The normalized spacial score (nSPS) is 22.0. The lowest BCUT2D eigenvalue weighted by Gasteiger charge is -2.39. The quantitative estimate of drug-likeness (QED) is 0.601.